The quantitative estimate of drug-likeness (QED) is 0.706. The lowest BCUT2D eigenvalue weighted by atomic mass is 10.3. The lowest BCUT2D eigenvalue weighted by Gasteiger charge is -2.16. The molecule has 9 heteroatoms. The molecule has 0 bridgehead atoms. The topological polar surface area (TPSA) is 66.5 Å². The van der Waals surface area contributed by atoms with Gasteiger partial charge in [-0.05, 0) is 49.2 Å². The van der Waals surface area contributed by atoms with E-state index in [2.05, 4.69) is 5.32 Å². The summed E-state index contributed by atoms with van der Waals surface area (Å²) in [5.41, 5.74) is 0.415. The number of benzene rings is 2. The van der Waals surface area contributed by atoms with Crippen molar-refractivity contribution in [2.45, 2.75) is 22.6 Å². The first-order valence-corrected chi connectivity index (χ1v) is 11.1. The first-order chi connectivity index (χ1) is 12.9. The summed E-state index contributed by atoms with van der Waals surface area (Å²) in [6.07, 6.45) is 1.72. The Kier molecular flexibility index (Phi) is 6.41. The third kappa shape index (κ3) is 5.01. The van der Waals surface area contributed by atoms with Gasteiger partial charge in [0.15, 0.2) is 0 Å². The maximum Gasteiger partial charge on any atom is 0.243 e. The van der Waals surface area contributed by atoms with Gasteiger partial charge in [0.1, 0.15) is 5.82 Å². The van der Waals surface area contributed by atoms with E-state index < -0.39 is 15.8 Å². The predicted octanol–water partition coefficient (Wildman–Crippen LogP) is 3.99. The summed E-state index contributed by atoms with van der Waals surface area (Å²) in [6, 6.07) is 10.5. The minimum absolute atomic E-state index is 0.000212. The molecule has 1 aliphatic rings. The van der Waals surface area contributed by atoms with Gasteiger partial charge in [-0.3, -0.25) is 4.79 Å². The minimum atomic E-state index is -3.53. The summed E-state index contributed by atoms with van der Waals surface area (Å²) >= 11 is 6.93. The summed E-state index contributed by atoms with van der Waals surface area (Å²) in [6.45, 7) is 1.05. The molecule has 1 N–H and O–H groups in total. The Bertz CT molecular complexity index is 947. The van der Waals surface area contributed by atoms with Crippen LogP contribution in [0.5, 0.6) is 0 Å². The summed E-state index contributed by atoms with van der Waals surface area (Å²) in [4.78, 5) is 13.0. The molecule has 0 saturated carbocycles. The average Bonchev–Trinajstić information content (AvgIpc) is 3.18. The molecule has 0 unspecified atom stereocenters. The van der Waals surface area contributed by atoms with Crippen LogP contribution in [0.25, 0.3) is 0 Å². The first kappa shape index (κ1) is 20.1. The number of sulfonamides is 1. The molecule has 2 aromatic carbocycles. The van der Waals surface area contributed by atoms with Crippen LogP contribution in [-0.4, -0.2) is 37.5 Å². The number of hydrogen-bond acceptors (Lipinski definition) is 4. The summed E-state index contributed by atoms with van der Waals surface area (Å²) in [5, 5.41) is 2.69. The Balaban J connectivity index is 1.63. The Hall–Kier alpha value is -1.61. The molecule has 0 spiro atoms. The second-order valence-electron chi connectivity index (χ2n) is 6.05. The molecule has 3 rings (SSSR count). The van der Waals surface area contributed by atoms with E-state index in [1.807, 2.05) is 0 Å². The van der Waals surface area contributed by atoms with Crippen molar-refractivity contribution in [3.05, 3.63) is 53.3 Å². The van der Waals surface area contributed by atoms with Gasteiger partial charge in [0.25, 0.3) is 0 Å². The van der Waals surface area contributed by atoms with E-state index in [1.54, 1.807) is 18.2 Å². The lowest BCUT2D eigenvalue weighted by molar-refractivity contribution is -0.113. The smallest absolute Gasteiger partial charge is 0.243 e. The highest BCUT2D eigenvalue weighted by molar-refractivity contribution is 8.00. The third-order valence-corrected chi connectivity index (χ3v) is 7.26. The molecule has 1 amide bonds. The average molecular weight is 429 g/mol. The van der Waals surface area contributed by atoms with Crippen molar-refractivity contribution in [1.82, 2.24) is 4.31 Å². The fraction of sp³-hybridized carbons (Fsp3) is 0.278. The predicted molar refractivity (Wildman–Crippen MR) is 105 cm³/mol. The number of carbonyl (C=O) groups excluding carboxylic acids is 1. The van der Waals surface area contributed by atoms with Gasteiger partial charge < -0.3 is 5.32 Å². The first-order valence-electron chi connectivity index (χ1n) is 8.34. The summed E-state index contributed by atoms with van der Waals surface area (Å²) in [7, 11) is -3.53. The molecule has 1 heterocycles. The number of amides is 1. The maximum atomic E-state index is 13.2. The Morgan fingerprint density at radius 3 is 2.63 bits per heavy atom. The van der Waals surface area contributed by atoms with Gasteiger partial charge >= 0.3 is 0 Å². The molecule has 144 valence electrons. The minimum Gasteiger partial charge on any atom is -0.325 e. The number of rotatable bonds is 6. The van der Waals surface area contributed by atoms with Crippen molar-refractivity contribution in [1.29, 1.82) is 0 Å². The zero-order valence-electron chi connectivity index (χ0n) is 14.3. The highest BCUT2D eigenvalue weighted by Gasteiger charge is 2.27. The van der Waals surface area contributed by atoms with Crippen molar-refractivity contribution in [2.24, 2.45) is 0 Å². The van der Waals surface area contributed by atoms with Crippen LogP contribution in [0.4, 0.5) is 10.1 Å². The van der Waals surface area contributed by atoms with Crippen LogP contribution in [0.2, 0.25) is 5.02 Å². The molecular weight excluding hydrogens is 411 g/mol. The Morgan fingerprint density at radius 1 is 1.19 bits per heavy atom. The highest BCUT2D eigenvalue weighted by atomic mass is 35.5. The molecule has 5 nitrogen and oxygen atoms in total. The van der Waals surface area contributed by atoms with Gasteiger partial charge in [-0.15, -0.1) is 11.8 Å². The van der Waals surface area contributed by atoms with Crippen molar-refractivity contribution in [3.8, 4) is 0 Å². The summed E-state index contributed by atoms with van der Waals surface area (Å²) in [5.74, 6) is -0.719. The largest absolute Gasteiger partial charge is 0.325 e. The van der Waals surface area contributed by atoms with Crippen LogP contribution in [0.3, 0.4) is 0 Å². The van der Waals surface area contributed by atoms with Crippen molar-refractivity contribution < 1.29 is 17.6 Å². The van der Waals surface area contributed by atoms with E-state index in [0.29, 0.717) is 23.7 Å². The number of carbonyl (C=O) groups is 1. The molecule has 0 atom stereocenters. The number of halogens is 2. The van der Waals surface area contributed by atoms with Crippen molar-refractivity contribution in [3.63, 3.8) is 0 Å². The Labute approximate surface area is 166 Å². The SMILES string of the molecule is O=C(CSc1ccc(F)c(Cl)c1)Nc1cccc(S(=O)(=O)N2CCCC2)c1. The number of hydrogen-bond donors (Lipinski definition) is 1. The van der Waals surface area contributed by atoms with Crippen LogP contribution in [0.1, 0.15) is 12.8 Å². The molecule has 1 aliphatic heterocycles. The zero-order chi connectivity index (χ0) is 19.4. The monoisotopic (exact) mass is 428 g/mol. The van der Waals surface area contributed by atoms with Crippen LogP contribution in [-0.2, 0) is 14.8 Å². The molecule has 0 radical (unpaired) electrons. The molecular formula is C18H18ClFN2O3S2. The van der Waals surface area contributed by atoms with Gasteiger partial charge in [0.2, 0.25) is 15.9 Å². The van der Waals surface area contributed by atoms with Crippen LogP contribution < -0.4 is 5.32 Å². The fourth-order valence-electron chi connectivity index (χ4n) is 2.72. The second-order valence-corrected chi connectivity index (χ2v) is 9.45. The van der Waals surface area contributed by atoms with Crippen LogP contribution in [0, 0.1) is 5.82 Å². The van der Waals surface area contributed by atoms with Crippen molar-refractivity contribution in [2.75, 3.05) is 24.2 Å². The molecule has 1 saturated heterocycles. The third-order valence-electron chi connectivity index (χ3n) is 4.08. The second kappa shape index (κ2) is 8.60. The van der Waals surface area contributed by atoms with E-state index in [-0.39, 0.29) is 21.6 Å². The molecule has 2 aromatic rings. The van der Waals surface area contributed by atoms with Crippen molar-refractivity contribution >= 4 is 45.0 Å². The van der Waals surface area contributed by atoms with E-state index in [0.717, 1.165) is 12.8 Å². The fourth-order valence-corrected chi connectivity index (χ4v) is 5.27. The van der Waals surface area contributed by atoms with E-state index in [9.17, 15) is 17.6 Å². The summed E-state index contributed by atoms with van der Waals surface area (Å²) < 4.78 is 39.8. The van der Waals surface area contributed by atoms with Crippen LogP contribution in [0.15, 0.2) is 52.3 Å². The number of thioether (sulfide) groups is 1. The number of nitrogens with zero attached hydrogens (tertiary/aromatic N) is 1. The highest BCUT2D eigenvalue weighted by Crippen LogP contribution is 2.25. The van der Waals surface area contributed by atoms with Gasteiger partial charge in [-0.1, -0.05) is 17.7 Å². The maximum absolute atomic E-state index is 13.2. The van der Waals surface area contributed by atoms with Gasteiger partial charge in [-0.25, -0.2) is 12.8 Å². The standard InChI is InChI=1S/C18H18ClFN2O3S2/c19-16-11-14(6-7-17(16)20)26-12-18(23)21-13-4-3-5-15(10-13)27(24,25)22-8-1-2-9-22/h3-7,10-11H,1-2,8-9,12H2,(H,21,23). The number of anilines is 1. The van der Waals surface area contributed by atoms with Gasteiger partial charge in [-0.2, -0.15) is 4.31 Å². The van der Waals surface area contributed by atoms with E-state index in [4.69, 9.17) is 11.6 Å². The number of nitrogens with one attached hydrogen (secondary N) is 1. The molecule has 1 fully saturated rings. The van der Waals surface area contributed by atoms with E-state index >= 15 is 0 Å². The normalized spacial score (nSPS) is 15.0. The Morgan fingerprint density at radius 2 is 1.93 bits per heavy atom. The molecule has 0 aliphatic carbocycles. The lowest BCUT2D eigenvalue weighted by Crippen LogP contribution is -2.28. The van der Waals surface area contributed by atoms with E-state index in [1.165, 1.54) is 40.3 Å². The molecule has 0 aromatic heterocycles. The van der Waals surface area contributed by atoms with Gasteiger partial charge in [0.05, 0.1) is 15.7 Å². The van der Waals surface area contributed by atoms with Crippen LogP contribution >= 0.6 is 23.4 Å². The molecule has 27 heavy (non-hydrogen) atoms. The van der Waals surface area contributed by atoms with Gasteiger partial charge in [0, 0.05) is 23.7 Å². The zero-order valence-corrected chi connectivity index (χ0v) is 16.7.